The molecule has 0 aliphatic rings. The quantitative estimate of drug-likeness (QED) is 0.344. The van der Waals surface area contributed by atoms with Crippen molar-refractivity contribution in [3.8, 4) is 0 Å². The summed E-state index contributed by atoms with van der Waals surface area (Å²) in [6, 6.07) is 17.6. The number of aryl methyl sites for hydroxylation is 3. The topological polar surface area (TPSA) is 13.7 Å². The van der Waals surface area contributed by atoms with E-state index in [1.807, 2.05) is 0 Å². The van der Waals surface area contributed by atoms with E-state index in [4.69, 9.17) is 0 Å². The van der Waals surface area contributed by atoms with Crippen LogP contribution < -0.4 is 4.57 Å². The molecule has 3 nitrogen and oxygen atoms in total. The van der Waals surface area contributed by atoms with E-state index in [9.17, 15) is 0 Å². The van der Waals surface area contributed by atoms with E-state index < -0.39 is 0 Å². The van der Waals surface area contributed by atoms with Gasteiger partial charge in [0.15, 0.2) is 0 Å². The second kappa shape index (κ2) is 7.14. The van der Waals surface area contributed by atoms with Gasteiger partial charge in [-0.25, -0.2) is 9.13 Å². The Morgan fingerprint density at radius 1 is 0.760 bits per heavy atom. The molecule has 25 heavy (non-hydrogen) atoms. The first-order chi connectivity index (χ1) is 12.3. The van der Waals surface area contributed by atoms with E-state index in [0.29, 0.717) is 0 Å². The van der Waals surface area contributed by atoms with E-state index in [-0.39, 0.29) is 0 Å². The lowest BCUT2D eigenvalue weighted by Crippen LogP contribution is -2.23. The van der Waals surface area contributed by atoms with Crippen LogP contribution in [0, 0.1) is 0 Å². The number of para-hydroxylation sites is 2. The number of imidazole rings is 1. The van der Waals surface area contributed by atoms with Crippen molar-refractivity contribution in [2.45, 2.75) is 38.8 Å². The average Bonchev–Trinajstić information content (AvgIpc) is 3.20. The molecular formula is C22H26N3+. The summed E-state index contributed by atoms with van der Waals surface area (Å²) in [7, 11) is 2.07. The molecule has 0 unspecified atom stereocenters. The second-order valence-corrected chi connectivity index (χ2v) is 6.92. The number of rotatable bonds is 7. The van der Waals surface area contributed by atoms with Gasteiger partial charge >= 0.3 is 0 Å². The van der Waals surface area contributed by atoms with Gasteiger partial charge in [-0.2, -0.15) is 0 Å². The highest BCUT2D eigenvalue weighted by Gasteiger charge is 2.08. The van der Waals surface area contributed by atoms with Crippen LogP contribution in [-0.4, -0.2) is 9.13 Å². The largest absolute Gasteiger partial charge is 0.340 e. The van der Waals surface area contributed by atoms with Crippen LogP contribution in [0.25, 0.3) is 21.8 Å². The molecule has 4 aromatic rings. The smallest absolute Gasteiger partial charge is 0.243 e. The Morgan fingerprint density at radius 3 is 1.96 bits per heavy atom. The van der Waals surface area contributed by atoms with Crippen LogP contribution in [0.15, 0.2) is 67.3 Å². The maximum absolute atomic E-state index is 2.50. The van der Waals surface area contributed by atoms with Crippen molar-refractivity contribution in [1.82, 2.24) is 9.13 Å². The molecule has 0 aliphatic heterocycles. The number of benzene rings is 2. The van der Waals surface area contributed by atoms with Crippen LogP contribution in [-0.2, 0) is 20.1 Å². The van der Waals surface area contributed by atoms with Gasteiger partial charge in [-0.15, -0.1) is 0 Å². The molecule has 0 atom stereocenters. The fraction of sp³-hybridized carbons (Fsp3) is 0.318. The summed E-state index contributed by atoms with van der Waals surface area (Å²) in [5.41, 5.74) is 2.73. The Bertz CT molecular complexity index is 924. The van der Waals surface area contributed by atoms with E-state index in [1.54, 1.807) is 0 Å². The summed E-state index contributed by atoms with van der Waals surface area (Å²) in [4.78, 5) is 0. The molecule has 0 saturated carbocycles. The van der Waals surface area contributed by atoms with E-state index in [0.717, 1.165) is 13.1 Å². The number of fused-ring (bicyclic) bond motifs is 3. The van der Waals surface area contributed by atoms with Gasteiger partial charge in [0.1, 0.15) is 12.4 Å². The fourth-order valence-corrected chi connectivity index (χ4v) is 3.80. The second-order valence-electron chi connectivity index (χ2n) is 6.92. The van der Waals surface area contributed by atoms with Crippen molar-refractivity contribution >= 4 is 21.8 Å². The Kier molecular flexibility index (Phi) is 4.55. The van der Waals surface area contributed by atoms with Gasteiger partial charge in [0.05, 0.1) is 13.6 Å². The molecule has 0 N–H and O–H groups in total. The molecule has 2 aromatic carbocycles. The number of unbranched alkanes of at least 4 members (excludes halogenated alkanes) is 3. The standard InChI is InChI=1S/C22H26N3/c1-23-16-17-24(18-23)14-8-2-3-9-15-25-21-12-6-4-10-19(21)20-11-5-7-13-22(20)25/h4-7,10-13,16-18H,2-3,8-9,14-15H2,1H3/q+1. The van der Waals surface area contributed by atoms with Crippen molar-refractivity contribution in [3.63, 3.8) is 0 Å². The van der Waals surface area contributed by atoms with Crippen LogP contribution in [0.2, 0.25) is 0 Å². The van der Waals surface area contributed by atoms with Crippen molar-refractivity contribution in [3.05, 3.63) is 67.3 Å². The zero-order valence-corrected chi connectivity index (χ0v) is 14.9. The zero-order valence-electron chi connectivity index (χ0n) is 14.9. The van der Waals surface area contributed by atoms with Crippen molar-refractivity contribution in [2.75, 3.05) is 0 Å². The highest BCUT2D eigenvalue weighted by molar-refractivity contribution is 6.07. The summed E-state index contributed by atoms with van der Waals surface area (Å²) in [5.74, 6) is 0. The molecule has 0 radical (unpaired) electrons. The zero-order chi connectivity index (χ0) is 17.1. The summed E-state index contributed by atoms with van der Waals surface area (Å²) < 4.78 is 6.87. The minimum atomic E-state index is 1.10. The number of hydrogen-bond acceptors (Lipinski definition) is 0. The highest BCUT2D eigenvalue weighted by atomic mass is 15.1. The third-order valence-corrected chi connectivity index (χ3v) is 5.05. The Labute approximate surface area is 149 Å². The Balaban J connectivity index is 1.37. The monoisotopic (exact) mass is 332 g/mol. The molecule has 3 heteroatoms. The first kappa shape index (κ1) is 15.9. The lowest BCUT2D eigenvalue weighted by Gasteiger charge is -2.07. The summed E-state index contributed by atoms with van der Waals surface area (Å²) in [6.07, 6.45) is 11.5. The SMILES string of the molecule is C[n+]1ccn(CCCCCCn2c3ccccc3c3ccccc32)c1. The molecule has 2 heterocycles. The van der Waals surface area contributed by atoms with Gasteiger partial charge in [0.2, 0.25) is 6.33 Å². The summed E-state index contributed by atoms with van der Waals surface area (Å²) in [6.45, 7) is 2.22. The van der Waals surface area contributed by atoms with E-state index >= 15 is 0 Å². The average molecular weight is 332 g/mol. The number of nitrogens with zero attached hydrogens (tertiary/aromatic N) is 3. The molecule has 0 bridgehead atoms. The van der Waals surface area contributed by atoms with Gasteiger partial charge in [-0.05, 0) is 31.4 Å². The molecule has 128 valence electrons. The molecule has 0 amide bonds. The van der Waals surface area contributed by atoms with Gasteiger partial charge in [-0.1, -0.05) is 42.8 Å². The van der Waals surface area contributed by atoms with Gasteiger partial charge in [-0.3, -0.25) is 0 Å². The molecule has 0 fully saturated rings. The molecule has 0 aliphatic carbocycles. The first-order valence-electron chi connectivity index (χ1n) is 9.30. The van der Waals surface area contributed by atoms with Gasteiger partial charge < -0.3 is 4.57 Å². The molecule has 0 spiro atoms. The Morgan fingerprint density at radius 2 is 1.36 bits per heavy atom. The van der Waals surface area contributed by atoms with Crippen LogP contribution >= 0.6 is 0 Å². The molecule has 0 saturated heterocycles. The maximum Gasteiger partial charge on any atom is 0.243 e. The lowest BCUT2D eigenvalue weighted by atomic mass is 10.2. The number of hydrogen-bond donors (Lipinski definition) is 0. The minimum Gasteiger partial charge on any atom is -0.340 e. The van der Waals surface area contributed by atoms with Crippen LogP contribution in [0.1, 0.15) is 25.7 Å². The van der Waals surface area contributed by atoms with Gasteiger partial charge in [0.25, 0.3) is 0 Å². The van der Waals surface area contributed by atoms with Crippen LogP contribution in [0.3, 0.4) is 0 Å². The van der Waals surface area contributed by atoms with Gasteiger partial charge in [0, 0.05) is 28.4 Å². The van der Waals surface area contributed by atoms with Crippen molar-refractivity contribution in [2.24, 2.45) is 7.05 Å². The van der Waals surface area contributed by atoms with E-state index in [1.165, 1.54) is 47.5 Å². The lowest BCUT2D eigenvalue weighted by molar-refractivity contribution is -0.671. The van der Waals surface area contributed by atoms with Crippen LogP contribution in [0.5, 0.6) is 0 Å². The third-order valence-electron chi connectivity index (χ3n) is 5.05. The fourth-order valence-electron chi connectivity index (χ4n) is 3.80. The van der Waals surface area contributed by atoms with Crippen molar-refractivity contribution in [1.29, 1.82) is 0 Å². The molecule has 2 aromatic heterocycles. The normalized spacial score (nSPS) is 11.6. The molecule has 4 rings (SSSR count). The van der Waals surface area contributed by atoms with Crippen molar-refractivity contribution < 1.29 is 4.57 Å². The molecular weight excluding hydrogens is 306 g/mol. The summed E-state index contributed by atoms with van der Waals surface area (Å²) >= 11 is 0. The third kappa shape index (κ3) is 3.32. The maximum atomic E-state index is 2.50. The highest BCUT2D eigenvalue weighted by Crippen LogP contribution is 2.29. The number of aromatic nitrogens is 3. The first-order valence-corrected chi connectivity index (χ1v) is 9.30. The predicted octanol–water partition coefficient (Wildman–Crippen LogP) is 4.68. The Hall–Kier alpha value is -2.55. The minimum absolute atomic E-state index is 1.10. The summed E-state index contributed by atoms with van der Waals surface area (Å²) in [5, 5.41) is 2.75. The van der Waals surface area contributed by atoms with E-state index in [2.05, 4.69) is 88.0 Å². The van der Waals surface area contributed by atoms with Crippen LogP contribution in [0.4, 0.5) is 0 Å². The predicted molar refractivity (Wildman–Crippen MR) is 104 cm³/mol.